The van der Waals surface area contributed by atoms with E-state index in [-0.39, 0.29) is 11.9 Å². The smallest absolute Gasteiger partial charge is 0.237 e. The van der Waals surface area contributed by atoms with Gasteiger partial charge in [-0.25, -0.2) is 4.98 Å². The van der Waals surface area contributed by atoms with Crippen molar-refractivity contribution in [2.75, 3.05) is 30.8 Å². The molecule has 6 rings (SSSR count). The largest absolute Gasteiger partial charge is 0.308 e. The molecule has 2 atom stereocenters. The van der Waals surface area contributed by atoms with E-state index >= 15 is 0 Å². The van der Waals surface area contributed by atoms with Gasteiger partial charge in [0.2, 0.25) is 5.91 Å². The number of aryl methyl sites for hydroxylation is 1. The van der Waals surface area contributed by atoms with Crippen molar-refractivity contribution in [2.24, 2.45) is 0 Å². The van der Waals surface area contributed by atoms with Crippen LogP contribution in [0, 0.1) is 6.92 Å². The zero-order valence-electron chi connectivity index (χ0n) is 19.5. The van der Waals surface area contributed by atoms with Gasteiger partial charge in [-0.3, -0.25) is 9.36 Å². The first kappa shape index (κ1) is 21.4. The molecule has 0 bridgehead atoms. The number of fused-ring (bicyclic) bond motifs is 4. The molecule has 0 radical (unpaired) electrons. The molecule has 1 saturated heterocycles. The van der Waals surface area contributed by atoms with Crippen molar-refractivity contribution in [3.8, 4) is 5.69 Å². The average Bonchev–Trinajstić information content (AvgIpc) is 3.38. The number of carbonyl (C=O) groups is 1. The maximum Gasteiger partial charge on any atom is 0.237 e. The van der Waals surface area contributed by atoms with Crippen molar-refractivity contribution in [1.82, 2.24) is 14.5 Å². The van der Waals surface area contributed by atoms with Crippen LogP contribution >= 0.6 is 11.8 Å². The summed E-state index contributed by atoms with van der Waals surface area (Å²) in [6, 6.07) is 25.2. The highest BCUT2D eigenvalue weighted by Crippen LogP contribution is 2.45. The number of likely N-dealkylation sites (tertiary alicyclic amines) is 1. The van der Waals surface area contributed by atoms with Crippen molar-refractivity contribution in [1.29, 1.82) is 0 Å². The number of anilines is 1. The maximum absolute atomic E-state index is 13.7. The third-order valence-corrected chi connectivity index (χ3v) is 8.01. The van der Waals surface area contributed by atoms with Crippen LogP contribution in [0.4, 0.5) is 5.69 Å². The number of aromatic nitrogens is 2. The van der Waals surface area contributed by atoms with E-state index in [4.69, 9.17) is 4.98 Å². The Morgan fingerprint density at radius 3 is 2.71 bits per heavy atom. The Hall–Kier alpha value is -3.09. The molecule has 1 aromatic heterocycles. The fraction of sp³-hybridized carbons (Fsp3) is 0.286. The fourth-order valence-corrected chi connectivity index (χ4v) is 6.42. The zero-order valence-corrected chi connectivity index (χ0v) is 20.3. The van der Waals surface area contributed by atoms with E-state index in [1.54, 1.807) is 0 Å². The molecule has 1 fully saturated rings. The van der Waals surface area contributed by atoms with Gasteiger partial charge in [0.05, 0.1) is 16.8 Å². The third kappa shape index (κ3) is 3.62. The summed E-state index contributed by atoms with van der Waals surface area (Å²) in [6.07, 6.45) is 1.01. The lowest BCUT2D eigenvalue weighted by Crippen LogP contribution is -2.47. The van der Waals surface area contributed by atoms with Crippen LogP contribution in [0.5, 0.6) is 0 Å². The van der Waals surface area contributed by atoms with Gasteiger partial charge in [-0.15, -0.1) is 0 Å². The molecule has 0 saturated carbocycles. The van der Waals surface area contributed by atoms with Crippen molar-refractivity contribution in [3.63, 3.8) is 0 Å². The van der Waals surface area contributed by atoms with Gasteiger partial charge in [-0.1, -0.05) is 59.8 Å². The minimum Gasteiger partial charge on any atom is -0.308 e. The Morgan fingerprint density at radius 2 is 1.85 bits per heavy atom. The van der Waals surface area contributed by atoms with Crippen LogP contribution in [-0.2, 0) is 4.79 Å². The average molecular weight is 469 g/mol. The molecule has 2 aliphatic rings. The van der Waals surface area contributed by atoms with Crippen LogP contribution in [0.1, 0.15) is 23.5 Å². The number of thioether (sulfide) groups is 1. The van der Waals surface area contributed by atoms with Gasteiger partial charge < -0.3 is 9.80 Å². The summed E-state index contributed by atoms with van der Waals surface area (Å²) < 4.78 is 2.16. The molecule has 6 heteroatoms. The summed E-state index contributed by atoms with van der Waals surface area (Å²) in [4.78, 5) is 23.1. The number of carbonyl (C=O) groups excluding carboxylic acids is 1. The number of benzene rings is 3. The second-order valence-corrected chi connectivity index (χ2v) is 10.3. The molecule has 172 valence electrons. The van der Waals surface area contributed by atoms with E-state index in [2.05, 4.69) is 64.7 Å². The monoisotopic (exact) mass is 468 g/mol. The third-order valence-electron chi connectivity index (χ3n) is 7.09. The van der Waals surface area contributed by atoms with Gasteiger partial charge in [-0.05, 0) is 62.8 Å². The number of nitrogens with zero attached hydrogens (tertiary/aromatic N) is 4. The first-order valence-electron chi connectivity index (χ1n) is 11.9. The van der Waals surface area contributed by atoms with Crippen molar-refractivity contribution < 1.29 is 4.79 Å². The lowest BCUT2D eigenvalue weighted by Gasteiger charge is -2.36. The number of imidazole rings is 1. The van der Waals surface area contributed by atoms with Crippen LogP contribution in [0.2, 0.25) is 0 Å². The van der Waals surface area contributed by atoms with E-state index in [9.17, 15) is 4.79 Å². The lowest BCUT2D eigenvalue weighted by atomic mass is 9.89. The number of likely N-dealkylation sites (N-methyl/N-ethyl adjacent to an activating group) is 1. The number of piperidine rings is 1. The van der Waals surface area contributed by atoms with E-state index < -0.39 is 0 Å². The molecule has 1 amide bonds. The summed E-state index contributed by atoms with van der Waals surface area (Å²) in [6.45, 7) is 4.16. The predicted octanol–water partition coefficient (Wildman–Crippen LogP) is 5.26. The molecule has 2 unspecified atom stereocenters. The normalized spacial score (nSPS) is 19.9. The van der Waals surface area contributed by atoms with Gasteiger partial charge in [-0.2, -0.15) is 0 Å². The highest BCUT2D eigenvalue weighted by atomic mass is 32.2. The van der Waals surface area contributed by atoms with Crippen LogP contribution in [0.3, 0.4) is 0 Å². The van der Waals surface area contributed by atoms with E-state index in [0.717, 1.165) is 47.1 Å². The molecule has 2 aliphatic heterocycles. The number of hydrogen-bond acceptors (Lipinski definition) is 4. The van der Waals surface area contributed by atoms with Crippen molar-refractivity contribution in [3.05, 3.63) is 83.9 Å². The molecular formula is C28H28N4OS. The summed E-state index contributed by atoms with van der Waals surface area (Å²) in [5.41, 5.74) is 6.73. The first-order chi connectivity index (χ1) is 16.6. The quantitative estimate of drug-likeness (QED) is 0.383. The first-order valence-corrected chi connectivity index (χ1v) is 12.9. The molecule has 34 heavy (non-hydrogen) atoms. The molecule has 5 nitrogen and oxygen atoms in total. The van der Waals surface area contributed by atoms with E-state index in [1.165, 1.54) is 22.9 Å². The molecule has 3 heterocycles. The van der Waals surface area contributed by atoms with E-state index in [1.807, 2.05) is 36.4 Å². The number of rotatable bonds is 4. The minimum atomic E-state index is 0.166. The Balaban J connectivity index is 1.31. The maximum atomic E-state index is 13.7. The minimum absolute atomic E-state index is 0.166. The highest BCUT2D eigenvalue weighted by Gasteiger charge is 2.43. The van der Waals surface area contributed by atoms with Gasteiger partial charge >= 0.3 is 0 Å². The number of hydrogen-bond donors (Lipinski definition) is 0. The lowest BCUT2D eigenvalue weighted by molar-refractivity contribution is -0.116. The molecule has 0 aliphatic carbocycles. The van der Waals surface area contributed by atoms with E-state index in [0.29, 0.717) is 11.7 Å². The van der Waals surface area contributed by atoms with Gasteiger partial charge in [0.25, 0.3) is 0 Å². The van der Waals surface area contributed by atoms with Gasteiger partial charge in [0, 0.05) is 29.9 Å². The van der Waals surface area contributed by atoms with Crippen LogP contribution in [0.25, 0.3) is 16.7 Å². The van der Waals surface area contributed by atoms with Gasteiger partial charge in [0.15, 0.2) is 5.16 Å². The molecule has 3 aromatic carbocycles. The predicted molar refractivity (Wildman–Crippen MR) is 139 cm³/mol. The van der Waals surface area contributed by atoms with Crippen molar-refractivity contribution in [2.45, 2.75) is 30.5 Å². The summed E-state index contributed by atoms with van der Waals surface area (Å²) >= 11 is 1.53. The second kappa shape index (κ2) is 8.60. The Bertz CT molecular complexity index is 1370. The SMILES string of the molecule is Cc1ccc2c(c1)C1CN(C)CCC1N2C(=O)CSc1nc2ccccc2n1-c1ccccc1. The summed E-state index contributed by atoms with van der Waals surface area (Å²) in [5.74, 6) is 0.915. The number of amides is 1. The second-order valence-electron chi connectivity index (χ2n) is 9.39. The topological polar surface area (TPSA) is 41.4 Å². The molecule has 4 aromatic rings. The zero-order chi connectivity index (χ0) is 23.2. The van der Waals surface area contributed by atoms with Crippen LogP contribution in [-0.4, -0.2) is 52.3 Å². The summed E-state index contributed by atoms with van der Waals surface area (Å²) in [7, 11) is 2.18. The Labute approximate surface area is 204 Å². The van der Waals surface area contributed by atoms with Crippen molar-refractivity contribution >= 4 is 34.4 Å². The fourth-order valence-electron chi connectivity index (χ4n) is 5.53. The standard InChI is InChI=1S/C28H28N4OS/c1-19-12-13-24-21(16-19)22-17-30(2)15-14-25(22)32(24)27(33)18-34-28-29-23-10-6-7-11-26(23)31(28)20-8-4-3-5-9-20/h3-13,16,22,25H,14-15,17-18H2,1-2H3. The highest BCUT2D eigenvalue weighted by molar-refractivity contribution is 7.99. The number of para-hydroxylation sites is 3. The van der Waals surface area contributed by atoms with Gasteiger partial charge in [0.1, 0.15) is 0 Å². The van der Waals surface area contributed by atoms with Crippen LogP contribution in [0.15, 0.2) is 78.0 Å². The molecule has 0 N–H and O–H groups in total. The Morgan fingerprint density at radius 1 is 1.06 bits per heavy atom. The Kier molecular flexibility index (Phi) is 5.42. The molecular weight excluding hydrogens is 440 g/mol. The molecule has 0 spiro atoms. The summed E-state index contributed by atoms with van der Waals surface area (Å²) in [5, 5.41) is 0.851. The van der Waals surface area contributed by atoms with Crippen LogP contribution < -0.4 is 4.90 Å².